The smallest absolute Gasteiger partial charge is 0.251 e. The van der Waals surface area contributed by atoms with E-state index in [9.17, 15) is 4.79 Å². The molecule has 0 spiro atoms. The third-order valence-corrected chi connectivity index (χ3v) is 7.11. The number of benzene rings is 2. The molecule has 4 aromatic rings. The Morgan fingerprint density at radius 2 is 1.74 bits per heavy atom. The molecule has 2 aromatic heterocycles. The fourth-order valence-corrected chi connectivity index (χ4v) is 4.85. The monoisotopic (exact) mass is 563 g/mol. The second-order valence-electron chi connectivity index (χ2n) is 8.72. The zero-order chi connectivity index (χ0) is 27.6. The number of nitrogens with one attached hydrogen (secondary N) is 1. The second kappa shape index (κ2) is 13.8. The van der Waals surface area contributed by atoms with E-state index in [1.807, 2.05) is 60.5 Å². The number of carbonyl (C=O) groups excluding carboxylic acids is 1. The Hall–Kier alpha value is -3.82. The Bertz CT molecular complexity index is 1410. The molecule has 2 heterocycles. The van der Waals surface area contributed by atoms with Crippen LogP contribution in [0.3, 0.4) is 0 Å². The summed E-state index contributed by atoms with van der Waals surface area (Å²) in [5, 5.41) is 3.90. The van der Waals surface area contributed by atoms with Gasteiger partial charge in [-0.1, -0.05) is 41.6 Å². The molecule has 39 heavy (non-hydrogen) atoms. The van der Waals surface area contributed by atoms with E-state index in [0.29, 0.717) is 39.7 Å². The molecule has 0 saturated carbocycles. The van der Waals surface area contributed by atoms with Crippen molar-refractivity contribution in [1.82, 2.24) is 20.3 Å². The molecular weight excluding hydrogens is 534 g/mol. The average molecular weight is 564 g/mol. The van der Waals surface area contributed by atoms with E-state index in [2.05, 4.69) is 15.3 Å². The van der Waals surface area contributed by atoms with Crippen molar-refractivity contribution in [3.05, 3.63) is 100 Å². The standard InChI is InChI=1S/C29H30ClN5O3S/c1-35(14-11-20-7-8-24(37-2)25(16-20)38-3)27-17-26(30)33-29(34-27)39-19-22-5-4-6-23(15-22)28(36)32-18-21-9-12-31-13-10-21/h4-10,12-13,15-17H,11,14,18-19H2,1-3H3,(H,32,36). The fraction of sp³-hybridized carbons (Fsp3) is 0.241. The molecule has 0 radical (unpaired) electrons. The topological polar surface area (TPSA) is 89.5 Å². The number of methoxy groups -OCH3 is 2. The van der Waals surface area contributed by atoms with Gasteiger partial charge in [0.15, 0.2) is 16.7 Å². The molecule has 4 rings (SSSR count). The van der Waals surface area contributed by atoms with Crippen LogP contribution in [0.5, 0.6) is 11.5 Å². The van der Waals surface area contributed by atoms with Gasteiger partial charge < -0.3 is 19.7 Å². The molecule has 0 bridgehead atoms. The first-order chi connectivity index (χ1) is 18.9. The summed E-state index contributed by atoms with van der Waals surface area (Å²) in [5.41, 5.74) is 3.71. The van der Waals surface area contributed by atoms with Gasteiger partial charge in [0.1, 0.15) is 11.0 Å². The Labute approximate surface area is 237 Å². The van der Waals surface area contributed by atoms with E-state index >= 15 is 0 Å². The van der Waals surface area contributed by atoms with Crippen LogP contribution in [0, 0.1) is 0 Å². The van der Waals surface area contributed by atoms with Gasteiger partial charge in [0.05, 0.1) is 14.2 Å². The predicted octanol–water partition coefficient (Wildman–Crippen LogP) is 5.44. The number of rotatable bonds is 12. The van der Waals surface area contributed by atoms with E-state index in [4.69, 9.17) is 26.1 Å². The lowest BCUT2D eigenvalue weighted by Crippen LogP contribution is -2.22. The van der Waals surface area contributed by atoms with Gasteiger partial charge in [-0.2, -0.15) is 0 Å². The van der Waals surface area contributed by atoms with E-state index < -0.39 is 0 Å². The SMILES string of the molecule is COc1ccc(CCN(C)c2cc(Cl)nc(SCc3cccc(C(=O)NCc4ccncc4)c3)n2)cc1OC. The Morgan fingerprint density at radius 1 is 0.949 bits per heavy atom. The molecule has 0 aliphatic rings. The van der Waals surface area contributed by atoms with Crippen LogP contribution in [-0.2, 0) is 18.7 Å². The van der Waals surface area contributed by atoms with Crippen molar-refractivity contribution in [2.24, 2.45) is 0 Å². The highest BCUT2D eigenvalue weighted by Gasteiger charge is 2.12. The highest BCUT2D eigenvalue weighted by molar-refractivity contribution is 7.98. The zero-order valence-corrected chi connectivity index (χ0v) is 23.6. The molecule has 0 unspecified atom stereocenters. The molecule has 0 aliphatic carbocycles. The average Bonchev–Trinajstić information content (AvgIpc) is 2.97. The molecule has 0 atom stereocenters. The molecule has 202 valence electrons. The lowest BCUT2D eigenvalue weighted by molar-refractivity contribution is 0.0951. The summed E-state index contributed by atoms with van der Waals surface area (Å²) in [6.07, 6.45) is 4.20. The number of hydrogen-bond acceptors (Lipinski definition) is 8. The van der Waals surface area contributed by atoms with Crippen LogP contribution in [0.2, 0.25) is 5.15 Å². The first-order valence-electron chi connectivity index (χ1n) is 12.3. The van der Waals surface area contributed by atoms with Gasteiger partial charge in [0.25, 0.3) is 5.91 Å². The summed E-state index contributed by atoms with van der Waals surface area (Å²) in [5.74, 6) is 2.62. The van der Waals surface area contributed by atoms with Crippen molar-refractivity contribution < 1.29 is 14.3 Å². The van der Waals surface area contributed by atoms with Crippen molar-refractivity contribution in [3.8, 4) is 11.5 Å². The maximum atomic E-state index is 12.6. The van der Waals surface area contributed by atoms with Crippen LogP contribution in [0.4, 0.5) is 5.82 Å². The number of likely N-dealkylation sites (N-methyl/N-ethyl adjacent to an activating group) is 1. The Morgan fingerprint density at radius 3 is 2.51 bits per heavy atom. The van der Waals surface area contributed by atoms with E-state index in [1.54, 1.807) is 38.7 Å². The molecule has 1 amide bonds. The summed E-state index contributed by atoms with van der Waals surface area (Å²) >= 11 is 7.81. The fourth-order valence-electron chi connectivity index (χ4n) is 3.83. The van der Waals surface area contributed by atoms with E-state index in [-0.39, 0.29) is 5.91 Å². The number of hydrogen-bond donors (Lipinski definition) is 1. The van der Waals surface area contributed by atoms with Gasteiger partial charge in [-0.25, -0.2) is 9.97 Å². The third kappa shape index (κ3) is 8.08. The second-order valence-corrected chi connectivity index (χ2v) is 10.0. The molecule has 0 aliphatic heterocycles. The van der Waals surface area contributed by atoms with Crippen LogP contribution in [0.25, 0.3) is 0 Å². The van der Waals surface area contributed by atoms with Gasteiger partial charge in [-0.15, -0.1) is 0 Å². The molecule has 1 N–H and O–H groups in total. The number of halogens is 1. The van der Waals surface area contributed by atoms with Crippen molar-refractivity contribution in [3.63, 3.8) is 0 Å². The molecule has 10 heteroatoms. The zero-order valence-electron chi connectivity index (χ0n) is 22.1. The number of carbonyl (C=O) groups is 1. The summed E-state index contributed by atoms with van der Waals surface area (Å²) in [6, 6.07) is 19.0. The van der Waals surface area contributed by atoms with Gasteiger partial charge in [-0.3, -0.25) is 9.78 Å². The van der Waals surface area contributed by atoms with Crippen LogP contribution < -0.4 is 19.7 Å². The third-order valence-electron chi connectivity index (χ3n) is 6.00. The summed E-state index contributed by atoms with van der Waals surface area (Å²) in [7, 11) is 5.23. The van der Waals surface area contributed by atoms with E-state index in [1.165, 1.54) is 11.8 Å². The van der Waals surface area contributed by atoms with Gasteiger partial charge >= 0.3 is 0 Å². The Kier molecular flexibility index (Phi) is 9.99. The van der Waals surface area contributed by atoms with Crippen LogP contribution in [0.1, 0.15) is 27.0 Å². The minimum Gasteiger partial charge on any atom is -0.493 e. The van der Waals surface area contributed by atoms with Gasteiger partial charge in [0.2, 0.25) is 0 Å². The number of thioether (sulfide) groups is 1. The Balaban J connectivity index is 1.35. The minimum atomic E-state index is -0.129. The van der Waals surface area contributed by atoms with Gasteiger partial charge in [0, 0.05) is 49.9 Å². The highest BCUT2D eigenvalue weighted by Crippen LogP contribution is 2.28. The lowest BCUT2D eigenvalue weighted by Gasteiger charge is -2.19. The molecule has 0 fully saturated rings. The maximum absolute atomic E-state index is 12.6. The maximum Gasteiger partial charge on any atom is 0.251 e. The first kappa shape index (κ1) is 28.2. The highest BCUT2D eigenvalue weighted by atomic mass is 35.5. The van der Waals surface area contributed by atoms with Crippen molar-refractivity contribution >= 4 is 35.1 Å². The van der Waals surface area contributed by atoms with Crippen LogP contribution in [0.15, 0.2) is 78.2 Å². The summed E-state index contributed by atoms with van der Waals surface area (Å²) < 4.78 is 10.7. The number of amides is 1. The number of ether oxygens (including phenoxy) is 2. The number of nitrogens with zero attached hydrogens (tertiary/aromatic N) is 4. The van der Waals surface area contributed by atoms with Crippen molar-refractivity contribution in [1.29, 1.82) is 0 Å². The lowest BCUT2D eigenvalue weighted by atomic mass is 10.1. The molecule has 0 saturated heterocycles. The number of pyridine rings is 1. The van der Waals surface area contributed by atoms with Gasteiger partial charge in [-0.05, 0) is 59.5 Å². The van der Waals surface area contributed by atoms with Crippen molar-refractivity contribution in [2.75, 3.05) is 32.7 Å². The number of anilines is 1. The summed E-state index contributed by atoms with van der Waals surface area (Å²) in [4.78, 5) is 27.8. The van der Waals surface area contributed by atoms with Crippen molar-refractivity contribution in [2.45, 2.75) is 23.9 Å². The number of aromatic nitrogens is 3. The largest absolute Gasteiger partial charge is 0.493 e. The van der Waals surface area contributed by atoms with Crippen LogP contribution >= 0.6 is 23.4 Å². The normalized spacial score (nSPS) is 10.7. The molecule has 8 nitrogen and oxygen atoms in total. The molecule has 2 aromatic carbocycles. The minimum absolute atomic E-state index is 0.129. The van der Waals surface area contributed by atoms with Crippen LogP contribution in [-0.4, -0.2) is 48.7 Å². The predicted molar refractivity (Wildman–Crippen MR) is 155 cm³/mol. The first-order valence-corrected chi connectivity index (χ1v) is 13.7. The molecular formula is C29H30ClN5O3S. The van der Waals surface area contributed by atoms with E-state index in [0.717, 1.165) is 35.5 Å². The summed E-state index contributed by atoms with van der Waals surface area (Å²) in [6.45, 7) is 1.17. The quantitative estimate of drug-likeness (QED) is 0.138.